The summed E-state index contributed by atoms with van der Waals surface area (Å²) >= 11 is 0. The van der Waals surface area contributed by atoms with Gasteiger partial charge in [0.1, 0.15) is 0 Å². The summed E-state index contributed by atoms with van der Waals surface area (Å²) in [7, 11) is 0. The molecule has 13 heavy (non-hydrogen) atoms. The predicted octanol–water partition coefficient (Wildman–Crippen LogP) is 2.89. The molecule has 2 rings (SSSR count). The van der Waals surface area contributed by atoms with E-state index in [0.29, 0.717) is 5.92 Å². The van der Waals surface area contributed by atoms with E-state index >= 15 is 0 Å². The summed E-state index contributed by atoms with van der Waals surface area (Å²) in [6, 6.07) is 0. The number of aliphatic hydroxyl groups excluding tert-OH is 1. The van der Waals surface area contributed by atoms with Gasteiger partial charge in [-0.15, -0.1) is 0 Å². The number of hydrogen-bond acceptors (Lipinski definition) is 1. The second kappa shape index (κ2) is 3.45. The highest BCUT2D eigenvalue weighted by Crippen LogP contribution is 2.41. The molecule has 0 saturated heterocycles. The third-order valence-corrected chi connectivity index (χ3v) is 3.84. The molecule has 0 radical (unpaired) electrons. The molecule has 3 atom stereocenters. The van der Waals surface area contributed by atoms with Crippen molar-refractivity contribution in [1.29, 1.82) is 0 Å². The first-order chi connectivity index (χ1) is 6.18. The molecule has 0 spiro atoms. The fourth-order valence-corrected chi connectivity index (χ4v) is 2.93. The summed E-state index contributed by atoms with van der Waals surface area (Å²) in [6.45, 7) is 4.57. The van der Waals surface area contributed by atoms with Crippen LogP contribution in [0.1, 0.15) is 46.0 Å². The average Bonchev–Trinajstić information content (AvgIpc) is 2.12. The van der Waals surface area contributed by atoms with Crippen molar-refractivity contribution >= 4 is 0 Å². The van der Waals surface area contributed by atoms with Gasteiger partial charge >= 0.3 is 0 Å². The molecule has 0 bridgehead atoms. The summed E-state index contributed by atoms with van der Waals surface area (Å²) in [5.74, 6) is 1.33. The monoisotopic (exact) mass is 180 g/mol. The maximum Gasteiger partial charge on any atom is 0.0608 e. The zero-order valence-corrected chi connectivity index (χ0v) is 8.71. The smallest absolute Gasteiger partial charge is 0.0608 e. The molecule has 1 N–H and O–H groups in total. The van der Waals surface area contributed by atoms with Crippen LogP contribution in [0.2, 0.25) is 0 Å². The van der Waals surface area contributed by atoms with Crippen molar-refractivity contribution in [3.63, 3.8) is 0 Å². The molecule has 2 aliphatic carbocycles. The number of hydrogen-bond donors (Lipinski definition) is 1. The predicted molar refractivity (Wildman–Crippen MR) is 54.4 cm³/mol. The molecular formula is C12H20O. The van der Waals surface area contributed by atoms with Crippen LogP contribution in [-0.4, -0.2) is 11.2 Å². The lowest BCUT2D eigenvalue weighted by Gasteiger charge is -2.37. The molecule has 2 aliphatic rings. The first kappa shape index (κ1) is 9.26. The van der Waals surface area contributed by atoms with Crippen LogP contribution in [0.25, 0.3) is 0 Å². The van der Waals surface area contributed by atoms with Crippen molar-refractivity contribution < 1.29 is 5.11 Å². The zero-order valence-electron chi connectivity index (χ0n) is 8.71. The Morgan fingerprint density at radius 1 is 1.23 bits per heavy atom. The lowest BCUT2D eigenvalue weighted by molar-refractivity contribution is 0.0833. The minimum absolute atomic E-state index is 0.0403. The molecule has 1 nitrogen and oxygen atoms in total. The van der Waals surface area contributed by atoms with E-state index in [1.54, 1.807) is 11.1 Å². The Balaban J connectivity index is 2.21. The van der Waals surface area contributed by atoms with Crippen molar-refractivity contribution in [3.05, 3.63) is 11.1 Å². The van der Waals surface area contributed by atoms with E-state index in [4.69, 9.17) is 0 Å². The van der Waals surface area contributed by atoms with E-state index in [1.807, 2.05) is 0 Å². The van der Waals surface area contributed by atoms with Gasteiger partial charge in [0.15, 0.2) is 0 Å². The van der Waals surface area contributed by atoms with E-state index in [-0.39, 0.29) is 6.10 Å². The van der Waals surface area contributed by atoms with Gasteiger partial charge in [0, 0.05) is 5.92 Å². The van der Waals surface area contributed by atoms with Gasteiger partial charge < -0.3 is 5.11 Å². The molecule has 0 heterocycles. The van der Waals surface area contributed by atoms with E-state index in [2.05, 4.69) is 13.8 Å². The molecule has 0 aliphatic heterocycles. The highest BCUT2D eigenvalue weighted by Gasteiger charge is 2.32. The van der Waals surface area contributed by atoms with Crippen LogP contribution in [0, 0.1) is 11.8 Å². The topological polar surface area (TPSA) is 20.2 Å². The van der Waals surface area contributed by atoms with Crippen molar-refractivity contribution in [2.75, 3.05) is 0 Å². The summed E-state index contributed by atoms with van der Waals surface area (Å²) in [5, 5.41) is 9.91. The zero-order chi connectivity index (χ0) is 9.42. The average molecular weight is 180 g/mol. The summed E-state index contributed by atoms with van der Waals surface area (Å²) in [5.41, 5.74) is 3.17. The van der Waals surface area contributed by atoms with Crippen LogP contribution in [0.4, 0.5) is 0 Å². The van der Waals surface area contributed by atoms with Crippen LogP contribution in [-0.2, 0) is 0 Å². The molecule has 0 aromatic heterocycles. The Labute approximate surface area is 80.8 Å². The third-order valence-electron chi connectivity index (χ3n) is 3.84. The molecule has 1 saturated carbocycles. The number of allylic oxidation sites excluding steroid dienone is 1. The van der Waals surface area contributed by atoms with Gasteiger partial charge in [0.05, 0.1) is 6.10 Å². The van der Waals surface area contributed by atoms with Crippen LogP contribution in [0.15, 0.2) is 11.1 Å². The minimum Gasteiger partial charge on any atom is -0.392 e. The molecular weight excluding hydrogens is 160 g/mol. The van der Waals surface area contributed by atoms with E-state index in [0.717, 1.165) is 18.8 Å². The summed E-state index contributed by atoms with van der Waals surface area (Å²) in [6.07, 6.45) is 5.87. The molecule has 0 amide bonds. The highest BCUT2D eigenvalue weighted by atomic mass is 16.3. The maximum atomic E-state index is 9.91. The second-order valence-electron chi connectivity index (χ2n) is 4.90. The van der Waals surface area contributed by atoms with Crippen molar-refractivity contribution in [3.8, 4) is 0 Å². The van der Waals surface area contributed by atoms with Gasteiger partial charge in [0.2, 0.25) is 0 Å². The Morgan fingerprint density at radius 2 is 2.00 bits per heavy atom. The highest BCUT2D eigenvalue weighted by molar-refractivity contribution is 5.22. The van der Waals surface area contributed by atoms with E-state index < -0.39 is 0 Å². The first-order valence-corrected chi connectivity index (χ1v) is 5.55. The van der Waals surface area contributed by atoms with Crippen LogP contribution in [0.5, 0.6) is 0 Å². The summed E-state index contributed by atoms with van der Waals surface area (Å²) < 4.78 is 0. The largest absolute Gasteiger partial charge is 0.392 e. The normalized spacial score (nSPS) is 40.4. The van der Waals surface area contributed by atoms with Gasteiger partial charge in [0.25, 0.3) is 0 Å². The number of rotatable bonds is 0. The number of fused-ring (bicyclic) bond motifs is 1. The van der Waals surface area contributed by atoms with Crippen molar-refractivity contribution in [1.82, 2.24) is 0 Å². The fourth-order valence-electron chi connectivity index (χ4n) is 2.93. The second-order valence-corrected chi connectivity index (χ2v) is 4.90. The van der Waals surface area contributed by atoms with E-state index in [1.165, 1.54) is 19.3 Å². The van der Waals surface area contributed by atoms with E-state index in [9.17, 15) is 5.11 Å². The minimum atomic E-state index is -0.0403. The molecule has 0 aromatic carbocycles. The van der Waals surface area contributed by atoms with Crippen molar-refractivity contribution in [2.24, 2.45) is 11.8 Å². The fraction of sp³-hybridized carbons (Fsp3) is 0.833. The van der Waals surface area contributed by atoms with Gasteiger partial charge in [-0.2, -0.15) is 0 Å². The lowest BCUT2D eigenvalue weighted by atomic mass is 9.70. The van der Waals surface area contributed by atoms with Gasteiger partial charge in [-0.05, 0) is 44.9 Å². The van der Waals surface area contributed by atoms with Crippen LogP contribution >= 0.6 is 0 Å². The first-order valence-electron chi connectivity index (χ1n) is 5.55. The summed E-state index contributed by atoms with van der Waals surface area (Å²) in [4.78, 5) is 0. The van der Waals surface area contributed by atoms with Crippen molar-refractivity contribution in [2.45, 2.75) is 52.1 Å². The lowest BCUT2D eigenvalue weighted by Crippen LogP contribution is -2.31. The molecule has 74 valence electrons. The Morgan fingerprint density at radius 3 is 2.77 bits per heavy atom. The SMILES string of the molecule is CC1=C2CC[C@@H](C)C[C@H]2[C@H](O)CC1. The Bertz CT molecular complexity index is 229. The quantitative estimate of drug-likeness (QED) is 0.568. The molecule has 1 fully saturated rings. The van der Waals surface area contributed by atoms with Crippen LogP contribution in [0.3, 0.4) is 0 Å². The van der Waals surface area contributed by atoms with Gasteiger partial charge in [-0.25, -0.2) is 0 Å². The molecule has 1 heteroatoms. The van der Waals surface area contributed by atoms with Gasteiger partial charge in [-0.1, -0.05) is 18.1 Å². The molecule has 0 unspecified atom stereocenters. The third kappa shape index (κ3) is 1.67. The number of aliphatic hydroxyl groups is 1. The van der Waals surface area contributed by atoms with Gasteiger partial charge in [-0.3, -0.25) is 0 Å². The van der Waals surface area contributed by atoms with Crippen LogP contribution < -0.4 is 0 Å². The Kier molecular flexibility index (Phi) is 2.46. The molecule has 0 aromatic rings. The Hall–Kier alpha value is -0.300. The maximum absolute atomic E-state index is 9.91. The standard InChI is InChI=1S/C12H20O/c1-8-3-5-10-9(2)4-6-12(13)11(10)7-8/h8,11-13H,3-7H2,1-2H3/t8-,11-,12-/m1/s1.